The van der Waals surface area contributed by atoms with Crippen molar-refractivity contribution in [1.29, 1.82) is 0 Å². The predicted molar refractivity (Wildman–Crippen MR) is 97.6 cm³/mol. The number of carbonyl (C=O) groups is 1. The molecule has 0 spiro atoms. The van der Waals surface area contributed by atoms with E-state index in [1.165, 1.54) is 10.3 Å². The van der Waals surface area contributed by atoms with Gasteiger partial charge in [0.2, 0.25) is 5.91 Å². The highest BCUT2D eigenvalue weighted by Crippen LogP contribution is 2.22. The van der Waals surface area contributed by atoms with E-state index in [0.717, 1.165) is 22.7 Å². The summed E-state index contributed by atoms with van der Waals surface area (Å²) in [5, 5.41) is 3.99. The van der Waals surface area contributed by atoms with Crippen LogP contribution in [-0.4, -0.2) is 24.5 Å². The van der Waals surface area contributed by atoms with Crippen LogP contribution in [0.15, 0.2) is 48.5 Å². The van der Waals surface area contributed by atoms with Crippen molar-refractivity contribution in [3.8, 4) is 5.75 Å². The number of nitrogens with one attached hydrogen (secondary N) is 1. The summed E-state index contributed by atoms with van der Waals surface area (Å²) in [6, 6.07) is 16.0. The maximum Gasteiger partial charge on any atom is 0.220 e. The lowest BCUT2D eigenvalue weighted by Crippen LogP contribution is -2.25. The van der Waals surface area contributed by atoms with Gasteiger partial charge in [-0.25, -0.2) is 4.98 Å². The molecule has 0 saturated carbocycles. The highest BCUT2D eigenvalue weighted by Gasteiger charge is 2.06. The third-order valence-electron chi connectivity index (χ3n) is 3.80. The Bertz CT molecular complexity index is 779. The van der Waals surface area contributed by atoms with E-state index in [0.29, 0.717) is 19.4 Å². The topological polar surface area (TPSA) is 51.2 Å². The molecule has 1 amide bonds. The summed E-state index contributed by atoms with van der Waals surface area (Å²) in [5.41, 5.74) is 2.19. The largest absolute Gasteiger partial charge is 0.497 e. The zero-order valence-electron chi connectivity index (χ0n) is 13.6. The summed E-state index contributed by atoms with van der Waals surface area (Å²) in [6.07, 6.45) is 1.98. The van der Waals surface area contributed by atoms with Crippen LogP contribution in [0.25, 0.3) is 10.2 Å². The average Bonchev–Trinajstić information content (AvgIpc) is 3.03. The molecule has 124 valence electrons. The molecule has 4 nitrogen and oxygen atoms in total. The Hall–Kier alpha value is -2.40. The van der Waals surface area contributed by atoms with E-state index in [1.54, 1.807) is 18.4 Å². The van der Waals surface area contributed by atoms with E-state index in [2.05, 4.69) is 16.4 Å². The van der Waals surface area contributed by atoms with Gasteiger partial charge in [0.25, 0.3) is 0 Å². The van der Waals surface area contributed by atoms with E-state index >= 15 is 0 Å². The number of benzene rings is 2. The van der Waals surface area contributed by atoms with Crippen LogP contribution in [0.3, 0.4) is 0 Å². The second-order valence-electron chi connectivity index (χ2n) is 5.52. The minimum atomic E-state index is 0.0720. The molecule has 0 aliphatic rings. The van der Waals surface area contributed by atoms with Gasteiger partial charge in [0.1, 0.15) is 5.75 Å². The number of aromatic nitrogens is 1. The smallest absolute Gasteiger partial charge is 0.220 e. The minimum absolute atomic E-state index is 0.0720. The van der Waals surface area contributed by atoms with E-state index in [1.807, 2.05) is 42.5 Å². The molecular weight excluding hydrogens is 320 g/mol. The monoisotopic (exact) mass is 340 g/mol. The third kappa shape index (κ3) is 4.32. The molecule has 3 aromatic rings. The number of fused-ring (bicyclic) bond motifs is 1. The van der Waals surface area contributed by atoms with Gasteiger partial charge in [-0.05, 0) is 36.2 Å². The van der Waals surface area contributed by atoms with Crippen molar-refractivity contribution >= 4 is 27.5 Å². The number of ether oxygens (including phenoxy) is 1. The van der Waals surface area contributed by atoms with Gasteiger partial charge < -0.3 is 10.1 Å². The van der Waals surface area contributed by atoms with E-state index in [4.69, 9.17) is 4.74 Å². The lowest BCUT2D eigenvalue weighted by molar-refractivity contribution is -0.121. The molecule has 2 aromatic carbocycles. The van der Waals surface area contributed by atoms with Gasteiger partial charge in [0.15, 0.2) is 0 Å². The first kappa shape index (κ1) is 16.5. The molecule has 0 bridgehead atoms. The van der Waals surface area contributed by atoms with Crippen LogP contribution in [0.1, 0.15) is 17.0 Å². The fourth-order valence-corrected chi connectivity index (χ4v) is 3.44. The highest BCUT2D eigenvalue weighted by molar-refractivity contribution is 7.18. The van der Waals surface area contributed by atoms with Crippen LogP contribution in [0.5, 0.6) is 5.75 Å². The molecule has 0 aliphatic carbocycles. The Morgan fingerprint density at radius 3 is 2.67 bits per heavy atom. The van der Waals surface area contributed by atoms with E-state index in [-0.39, 0.29) is 5.91 Å². The fourth-order valence-electron chi connectivity index (χ4n) is 2.47. The summed E-state index contributed by atoms with van der Waals surface area (Å²) in [6.45, 7) is 0.644. The number of nitrogens with zero attached hydrogens (tertiary/aromatic N) is 1. The summed E-state index contributed by atoms with van der Waals surface area (Å²) in [5.74, 6) is 0.918. The Balaban J connectivity index is 1.42. The molecule has 3 rings (SSSR count). The molecule has 0 unspecified atom stereocenters. The zero-order chi connectivity index (χ0) is 16.8. The molecule has 1 aromatic heterocycles. The second kappa shape index (κ2) is 7.93. The van der Waals surface area contributed by atoms with Gasteiger partial charge in [0, 0.05) is 19.4 Å². The van der Waals surface area contributed by atoms with E-state index < -0.39 is 0 Å². The Morgan fingerprint density at radius 1 is 1.12 bits per heavy atom. The quantitative estimate of drug-likeness (QED) is 0.715. The standard InChI is InChI=1S/C19H20N2O2S/c1-23-15-8-6-14(7-9-15)12-13-20-18(22)10-11-19-21-16-4-2-3-5-17(16)24-19/h2-9H,10-13H2,1H3,(H,20,22). The summed E-state index contributed by atoms with van der Waals surface area (Å²) < 4.78 is 6.31. The number of aryl methyl sites for hydroxylation is 1. The Kier molecular flexibility index (Phi) is 5.43. The molecule has 5 heteroatoms. The first-order chi connectivity index (χ1) is 11.7. The van der Waals surface area contributed by atoms with Crippen molar-refractivity contribution in [3.63, 3.8) is 0 Å². The van der Waals surface area contributed by atoms with Crippen molar-refractivity contribution in [2.45, 2.75) is 19.3 Å². The van der Waals surface area contributed by atoms with Crippen LogP contribution in [0.2, 0.25) is 0 Å². The van der Waals surface area contributed by atoms with Gasteiger partial charge >= 0.3 is 0 Å². The maximum absolute atomic E-state index is 12.0. The number of para-hydroxylation sites is 1. The first-order valence-corrected chi connectivity index (χ1v) is 8.80. The van der Waals surface area contributed by atoms with Gasteiger partial charge in [-0.3, -0.25) is 4.79 Å². The molecule has 0 radical (unpaired) electrons. The maximum atomic E-state index is 12.0. The number of rotatable bonds is 7. The van der Waals surface area contributed by atoms with Crippen molar-refractivity contribution in [2.75, 3.05) is 13.7 Å². The lowest BCUT2D eigenvalue weighted by atomic mass is 10.1. The molecule has 0 fully saturated rings. The van der Waals surface area contributed by atoms with Gasteiger partial charge in [0.05, 0.1) is 22.3 Å². The van der Waals surface area contributed by atoms with Crippen LogP contribution < -0.4 is 10.1 Å². The number of carbonyl (C=O) groups excluding carboxylic acids is 1. The van der Waals surface area contributed by atoms with Crippen molar-refractivity contribution in [1.82, 2.24) is 10.3 Å². The van der Waals surface area contributed by atoms with Crippen LogP contribution in [-0.2, 0) is 17.6 Å². The third-order valence-corrected chi connectivity index (χ3v) is 4.90. The minimum Gasteiger partial charge on any atom is -0.497 e. The number of hydrogen-bond acceptors (Lipinski definition) is 4. The van der Waals surface area contributed by atoms with Gasteiger partial charge in [-0.1, -0.05) is 24.3 Å². The zero-order valence-corrected chi connectivity index (χ0v) is 14.4. The molecule has 0 atom stereocenters. The lowest BCUT2D eigenvalue weighted by Gasteiger charge is -2.05. The Morgan fingerprint density at radius 2 is 1.92 bits per heavy atom. The highest BCUT2D eigenvalue weighted by atomic mass is 32.1. The summed E-state index contributed by atoms with van der Waals surface area (Å²) in [7, 11) is 1.65. The number of thiazole rings is 1. The van der Waals surface area contributed by atoms with Gasteiger partial charge in [-0.2, -0.15) is 0 Å². The van der Waals surface area contributed by atoms with Crippen LogP contribution in [0, 0.1) is 0 Å². The number of methoxy groups -OCH3 is 1. The summed E-state index contributed by atoms with van der Waals surface area (Å²) >= 11 is 1.66. The van der Waals surface area contributed by atoms with Gasteiger partial charge in [-0.15, -0.1) is 11.3 Å². The molecule has 1 N–H and O–H groups in total. The number of amides is 1. The predicted octanol–water partition coefficient (Wildman–Crippen LogP) is 3.60. The van der Waals surface area contributed by atoms with Crippen molar-refractivity contribution in [3.05, 3.63) is 59.1 Å². The second-order valence-corrected chi connectivity index (χ2v) is 6.64. The molecule has 0 saturated heterocycles. The first-order valence-electron chi connectivity index (χ1n) is 7.98. The Labute approximate surface area is 145 Å². The van der Waals surface area contributed by atoms with E-state index in [9.17, 15) is 4.79 Å². The molecule has 24 heavy (non-hydrogen) atoms. The summed E-state index contributed by atoms with van der Waals surface area (Å²) in [4.78, 5) is 16.5. The van der Waals surface area contributed by atoms with Crippen molar-refractivity contribution in [2.24, 2.45) is 0 Å². The molecule has 1 heterocycles. The van der Waals surface area contributed by atoms with Crippen LogP contribution in [0.4, 0.5) is 0 Å². The average molecular weight is 340 g/mol. The molecule has 0 aliphatic heterocycles. The van der Waals surface area contributed by atoms with Crippen molar-refractivity contribution < 1.29 is 9.53 Å². The fraction of sp³-hybridized carbons (Fsp3) is 0.263. The van der Waals surface area contributed by atoms with Crippen LogP contribution >= 0.6 is 11.3 Å². The molecular formula is C19H20N2O2S. The number of hydrogen-bond donors (Lipinski definition) is 1. The normalized spacial score (nSPS) is 10.7. The SMILES string of the molecule is COc1ccc(CCNC(=O)CCc2nc3ccccc3s2)cc1.